The number of hydrogen-bond donors (Lipinski definition) is 2. The zero-order valence-electron chi connectivity index (χ0n) is 15.0. The number of thioether (sulfide) groups is 1. The SMILES string of the molecule is CC1=C2C(=O)C=C(CO)[C@H]2[C@@H]2OC(=O)[C@H](CSc3ccccc3)[C@@H]2C(O)C1. The lowest BCUT2D eigenvalue weighted by Gasteiger charge is -2.28. The standard InChI is InChI=1S/C21H22O5S/c1-11-7-15(23)19-14(10-27-13-5-3-2-4-6-13)21(25)26-20(19)18-12(9-22)8-16(24)17(11)18/h2-6,8,14-15,18-20,22-23H,7,9-10H2,1H3/t14-,15?,18-,19-,20+/m1/s1. The number of aliphatic hydroxyl groups is 2. The van der Waals surface area contributed by atoms with Gasteiger partial charge in [-0.2, -0.15) is 0 Å². The Labute approximate surface area is 162 Å². The van der Waals surface area contributed by atoms with Crippen LogP contribution in [0, 0.1) is 17.8 Å². The van der Waals surface area contributed by atoms with Crippen molar-refractivity contribution in [3.05, 3.63) is 53.1 Å². The molecule has 0 spiro atoms. The van der Waals surface area contributed by atoms with Crippen LogP contribution in [0.3, 0.4) is 0 Å². The van der Waals surface area contributed by atoms with Crippen molar-refractivity contribution in [2.45, 2.75) is 30.4 Å². The van der Waals surface area contributed by atoms with Crippen LogP contribution >= 0.6 is 11.8 Å². The average Bonchev–Trinajstić information content (AvgIpc) is 3.13. The molecule has 1 unspecified atom stereocenters. The topological polar surface area (TPSA) is 83.8 Å². The first-order valence-corrected chi connectivity index (χ1v) is 10.1. The number of allylic oxidation sites excluding steroid dienone is 1. The molecule has 0 aromatic heterocycles. The van der Waals surface area contributed by atoms with Gasteiger partial charge in [-0.3, -0.25) is 9.59 Å². The zero-order chi connectivity index (χ0) is 19.1. The van der Waals surface area contributed by atoms with Gasteiger partial charge in [0.2, 0.25) is 0 Å². The van der Waals surface area contributed by atoms with Gasteiger partial charge < -0.3 is 14.9 Å². The van der Waals surface area contributed by atoms with Crippen molar-refractivity contribution in [3.63, 3.8) is 0 Å². The quantitative estimate of drug-likeness (QED) is 0.609. The third-order valence-corrected chi connectivity index (χ3v) is 6.93. The maximum atomic E-state index is 12.6. The van der Waals surface area contributed by atoms with Gasteiger partial charge in [0.25, 0.3) is 0 Å². The van der Waals surface area contributed by atoms with Crippen LogP contribution in [0.15, 0.2) is 58.0 Å². The normalized spacial score (nSPS) is 32.7. The highest BCUT2D eigenvalue weighted by molar-refractivity contribution is 7.99. The van der Waals surface area contributed by atoms with E-state index in [4.69, 9.17) is 4.74 Å². The van der Waals surface area contributed by atoms with E-state index in [9.17, 15) is 19.8 Å². The highest BCUT2D eigenvalue weighted by Crippen LogP contribution is 2.48. The molecule has 1 saturated heterocycles. The molecule has 4 rings (SSSR count). The first kappa shape index (κ1) is 18.5. The van der Waals surface area contributed by atoms with Gasteiger partial charge in [0, 0.05) is 28.1 Å². The Kier molecular flexibility index (Phi) is 4.97. The van der Waals surface area contributed by atoms with Crippen LogP contribution in [0.2, 0.25) is 0 Å². The van der Waals surface area contributed by atoms with Crippen molar-refractivity contribution in [2.75, 3.05) is 12.4 Å². The zero-order valence-corrected chi connectivity index (χ0v) is 15.8. The van der Waals surface area contributed by atoms with E-state index in [1.54, 1.807) is 11.8 Å². The van der Waals surface area contributed by atoms with Crippen LogP contribution < -0.4 is 0 Å². The minimum Gasteiger partial charge on any atom is -0.461 e. The number of carbonyl (C=O) groups excluding carboxylic acids is 2. The predicted octanol–water partition coefficient (Wildman–Crippen LogP) is 2.14. The Morgan fingerprint density at radius 3 is 2.67 bits per heavy atom. The minimum atomic E-state index is -0.756. The lowest BCUT2D eigenvalue weighted by Crippen LogP contribution is -2.37. The van der Waals surface area contributed by atoms with Gasteiger partial charge in [-0.1, -0.05) is 23.8 Å². The van der Waals surface area contributed by atoms with Crippen molar-refractivity contribution < 1.29 is 24.5 Å². The Bertz CT molecular complexity index is 828. The van der Waals surface area contributed by atoms with Crippen LogP contribution in [0.1, 0.15) is 13.3 Å². The number of ether oxygens (including phenoxy) is 1. The third-order valence-electron chi connectivity index (χ3n) is 5.79. The van der Waals surface area contributed by atoms with Crippen molar-refractivity contribution in [3.8, 4) is 0 Å². The van der Waals surface area contributed by atoms with Gasteiger partial charge in [-0.25, -0.2) is 0 Å². The van der Waals surface area contributed by atoms with E-state index in [-0.39, 0.29) is 18.4 Å². The molecule has 0 amide bonds. The molecule has 1 aliphatic heterocycles. The molecule has 6 heteroatoms. The summed E-state index contributed by atoms with van der Waals surface area (Å²) < 4.78 is 5.71. The lowest BCUT2D eigenvalue weighted by molar-refractivity contribution is -0.144. The molecule has 3 aliphatic rings. The number of benzene rings is 1. The largest absolute Gasteiger partial charge is 0.461 e. The smallest absolute Gasteiger partial charge is 0.310 e. The summed E-state index contributed by atoms with van der Waals surface area (Å²) in [5.74, 6) is -1.25. The van der Waals surface area contributed by atoms with E-state index in [0.717, 1.165) is 10.5 Å². The molecule has 2 aliphatic carbocycles. The van der Waals surface area contributed by atoms with Crippen molar-refractivity contribution in [1.82, 2.24) is 0 Å². The number of aliphatic hydroxyl groups excluding tert-OH is 2. The fourth-order valence-corrected chi connectivity index (χ4v) is 5.65. The molecule has 0 bridgehead atoms. The van der Waals surface area contributed by atoms with E-state index in [0.29, 0.717) is 23.3 Å². The number of fused-ring (bicyclic) bond motifs is 3. The monoisotopic (exact) mass is 386 g/mol. The van der Waals surface area contributed by atoms with Gasteiger partial charge in [0.1, 0.15) is 6.10 Å². The molecular weight excluding hydrogens is 364 g/mol. The van der Waals surface area contributed by atoms with E-state index in [2.05, 4.69) is 0 Å². The molecule has 1 fully saturated rings. The number of ketones is 1. The van der Waals surface area contributed by atoms with Gasteiger partial charge in [-0.05, 0) is 37.1 Å². The second-order valence-electron chi connectivity index (χ2n) is 7.39. The van der Waals surface area contributed by atoms with Crippen LogP contribution in [-0.2, 0) is 14.3 Å². The highest BCUT2D eigenvalue weighted by atomic mass is 32.2. The van der Waals surface area contributed by atoms with E-state index < -0.39 is 30.0 Å². The van der Waals surface area contributed by atoms with E-state index in [1.165, 1.54) is 6.08 Å². The summed E-state index contributed by atoms with van der Waals surface area (Å²) in [6, 6.07) is 9.80. The number of esters is 1. The molecule has 1 aromatic rings. The second-order valence-corrected chi connectivity index (χ2v) is 8.49. The minimum absolute atomic E-state index is 0.146. The Hall–Kier alpha value is -1.89. The summed E-state index contributed by atoms with van der Waals surface area (Å²) in [6.45, 7) is 1.59. The molecule has 1 aromatic carbocycles. The summed E-state index contributed by atoms with van der Waals surface area (Å²) in [7, 11) is 0. The molecule has 0 saturated carbocycles. The van der Waals surface area contributed by atoms with E-state index >= 15 is 0 Å². The Morgan fingerprint density at radius 2 is 1.96 bits per heavy atom. The molecule has 2 N–H and O–H groups in total. The summed E-state index contributed by atoms with van der Waals surface area (Å²) in [5, 5.41) is 20.6. The summed E-state index contributed by atoms with van der Waals surface area (Å²) in [5.41, 5.74) is 1.97. The number of hydrogen-bond acceptors (Lipinski definition) is 6. The van der Waals surface area contributed by atoms with Gasteiger partial charge in [0.05, 0.1) is 18.6 Å². The molecule has 27 heavy (non-hydrogen) atoms. The fourth-order valence-electron chi connectivity index (χ4n) is 4.57. The average molecular weight is 386 g/mol. The lowest BCUT2D eigenvalue weighted by atomic mass is 9.79. The second kappa shape index (κ2) is 7.26. The van der Waals surface area contributed by atoms with Crippen molar-refractivity contribution in [1.29, 1.82) is 0 Å². The van der Waals surface area contributed by atoms with Gasteiger partial charge in [-0.15, -0.1) is 11.8 Å². The highest BCUT2D eigenvalue weighted by Gasteiger charge is 2.55. The van der Waals surface area contributed by atoms with Crippen molar-refractivity contribution >= 4 is 23.5 Å². The molecule has 5 nitrogen and oxygen atoms in total. The fraction of sp³-hybridized carbons (Fsp3) is 0.429. The number of carbonyl (C=O) groups is 2. The first-order valence-electron chi connectivity index (χ1n) is 9.13. The maximum absolute atomic E-state index is 12.6. The van der Waals surface area contributed by atoms with Crippen LogP contribution in [-0.4, -0.2) is 46.5 Å². The van der Waals surface area contributed by atoms with Crippen LogP contribution in [0.4, 0.5) is 0 Å². The molecule has 1 heterocycles. The van der Waals surface area contributed by atoms with E-state index in [1.807, 2.05) is 37.3 Å². The first-order chi connectivity index (χ1) is 13.0. The van der Waals surface area contributed by atoms with Crippen LogP contribution in [0.25, 0.3) is 0 Å². The molecule has 5 atom stereocenters. The van der Waals surface area contributed by atoms with Crippen molar-refractivity contribution in [2.24, 2.45) is 17.8 Å². The molecule has 0 radical (unpaired) electrons. The van der Waals surface area contributed by atoms with Gasteiger partial charge in [0.15, 0.2) is 5.78 Å². The molecular formula is C21H22O5S. The third kappa shape index (κ3) is 3.16. The summed E-state index contributed by atoms with van der Waals surface area (Å²) in [4.78, 5) is 26.1. The predicted molar refractivity (Wildman–Crippen MR) is 101 cm³/mol. The Balaban J connectivity index is 1.63. The number of rotatable bonds is 4. The summed E-state index contributed by atoms with van der Waals surface area (Å²) in [6.07, 6.45) is 0.437. The maximum Gasteiger partial charge on any atom is 0.310 e. The summed E-state index contributed by atoms with van der Waals surface area (Å²) >= 11 is 1.56. The molecule has 142 valence electrons. The van der Waals surface area contributed by atoms with Gasteiger partial charge >= 0.3 is 5.97 Å². The van der Waals surface area contributed by atoms with Crippen LogP contribution in [0.5, 0.6) is 0 Å². The Morgan fingerprint density at radius 1 is 1.22 bits per heavy atom.